The number of thiophene rings is 1. The second-order valence-corrected chi connectivity index (χ2v) is 6.55. The number of hydrogen-bond acceptors (Lipinski definition) is 4. The molecular weight excluding hydrogens is 260 g/mol. The maximum absolute atomic E-state index is 12.1. The summed E-state index contributed by atoms with van der Waals surface area (Å²) in [7, 11) is 1.72. The summed E-state index contributed by atoms with van der Waals surface area (Å²) >= 11 is 1.66. The maximum Gasteiger partial charge on any atom is 0.238 e. The van der Waals surface area contributed by atoms with Gasteiger partial charge in [0, 0.05) is 20.3 Å². The Morgan fingerprint density at radius 2 is 2.37 bits per heavy atom. The van der Waals surface area contributed by atoms with Gasteiger partial charge in [-0.25, -0.2) is 0 Å². The Labute approximate surface area is 118 Å². The molecule has 1 fully saturated rings. The number of rotatable bonds is 6. The van der Waals surface area contributed by atoms with Crippen LogP contribution in [-0.2, 0) is 9.53 Å². The molecule has 1 aliphatic rings. The van der Waals surface area contributed by atoms with Crippen LogP contribution in [0.4, 0.5) is 0 Å². The molecule has 2 heterocycles. The Balaban J connectivity index is 2.06. The maximum atomic E-state index is 12.1. The first kappa shape index (κ1) is 14.5. The lowest BCUT2D eigenvalue weighted by atomic mass is 9.89. The molecule has 1 atom stereocenters. The molecule has 1 aromatic heterocycles. The lowest BCUT2D eigenvalue weighted by molar-refractivity contribution is -0.129. The van der Waals surface area contributed by atoms with Crippen LogP contribution in [0.5, 0.6) is 0 Å². The molecule has 1 aliphatic heterocycles. The molecule has 1 amide bonds. The van der Waals surface area contributed by atoms with Crippen LogP contribution in [0.3, 0.4) is 0 Å². The van der Waals surface area contributed by atoms with Gasteiger partial charge in [-0.05, 0) is 34.2 Å². The van der Waals surface area contributed by atoms with E-state index in [0.717, 1.165) is 19.6 Å². The van der Waals surface area contributed by atoms with E-state index in [4.69, 9.17) is 4.74 Å². The molecule has 19 heavy (non-hydrogen) atoms. The molecule has 106 valence electrons. The number of carbonyl (C=O) groups is 1. The van der Waals surface area contributed by atoms with Gasteiger partial charge >= 0.3 is 0 Å². The van der Waals surface area contributed by atoms with Crippen LogP contribution >= 0.6 is 11.3 Å². The topological polar surface area (TPSA) is 41.6 Å². The van der Waals surface area contributed by atoms with Crippen molar-refractivity contribution in [1.29, 1.82) is 0 Å². The van der Waals surface area contributed by atoms with Gasteiger partial charge in [0.2, 0.25) is 5.91 Å². The Kier molecular flexibility index (Phi) is 4.60. The molecule has 0 saturated carbocycles. The van der Waals surface area contributed by atoms with Crippen molar-refractivity contribution in [3.63, 3.8) is 0 Å². The smallest absolute Gasteiger partial charge is 0.238 e. The van der Waals surface area contributed by atoms with Gasteiger partial charge in [-0.1, -0.05) is 13.8 Å². The Bertz CT molecular complexity index is 417. The van der Waals surface area contributed by atoms with E-state index in [9.17, 15) is 4.79 Å². The SMILES string of the molecule is COCCC(C)(C)CN1C(=O)CNC1c1ccsc1. The standard InChI is InChI=1S/C14H22N2O2S/c1-14(2,5-6-18-3)10-16-12(17)8-15-13(16)11-4-7-19-9-11/h4,7,9,13,15H,5-6,8,10H2,1-3H3. The van der Waals surface area contributed by atoms with E-state index in [2.05, 4.69) is 30.6 Å². The molecule has 0 bridgehead atoms. The highest BCUT2D eigenvalue weighted by Gasteiger charge is 2.35. The highest BCUT2D eigenvalue weighted by molar-refractivity contribution is 7.07. The normalized spacial score (nSPS) is 20.3. The van der Waals surface area contributed by atoms with Gasteiger partial charge < -0.3 is 9.64 Å². The fourth-order valence-electron chi connectivity index (χ4n) is 2.37. The number of nitrogens with zero attached hydrogens (tertiary/aromatic N) is 1. The van der Waals surface area contributed by atoms with Crippen molar-refractivity contribution in [3.8, 4) is 0 Å². The van der Waals surface area contributed by atoms with Crippen molar-refractivity contribution < 1.29 is 9.53 Å². The average Bonchev–Trinajstić information content (AvgIpc) is 2.98. The van der Waals surface area contributed by atoms with E-state index in [1.807, 2.05) is 10.3 Å². The van der Waals surface area contributed by atoms with E-state index >= 15 is 0 Å². The summed E-state index contributed by atoms with van der Waals surface area (Å²) in [5.74, 6) is 0.182. The minimum absolute atomic E-state index is 0.0283. The molecule has 2 rings (SSSR count). The third-order valence-electron chi connectivity index (χ3n) is 3.52. The molecule has 1 aromatic rings. The number of methoxy groups -OCH3 is 1. The second kappa shape index (κ2) is 6.03. The van der Waals surface area contributed by atoms with E-state index < -0.39 is 0 Å². The molecule has 0 spiro atoms. The fraction of sp³-hybridized carbons (Fsp3) is 0.643. The summed E-state index contributed by atoms with van der Waals surface area (Å²) in [6.45, 7) is 6.28. The molecular formula is C14H22N2O2S. The largest absolute Gasteiger partial charge is 0.385 e. The van der Waals surface area contributed by atoms with Crippen LogP contribution in [0, 0.1) is 5.41 Å². The van der Waals surface area contributed by atoms with Crippen LogP contribution in [0.1, 0.15) is 32.0 Å². The molecule has 0 radical (unpaired) electrons. The molecule has 1 unspecified atom stereocenters. The van der Waals surface area contributed by atoms with Crippen LogP contribution in [0.2, 0.25) is 0 Å². The second-order valence-electron chi connectivity index (χ2n) is 5.77. The first-order chi connectivity index (χ1) is 9.03. The summed E-state index contributed by atoms with van der Waals surface area (Å²) in [6.07, 6.45) is 0.976. The predicted octanol–water partition coefficient (Wildman–Crippen LogP) is 2.24. The quantitative estimate of drug-likeness (QED) is 0.870. The monoisotopic (exact) mass is 282 g/mol. The van der Waals surface area contributed by atoms with Crippen molar-refractivity contribution in [1.82, 2.24) is 10.2 Å². The van der Waals surface area contributed by atoms with Gasteiger partial charge in [-0.2, -0.15) is 11.3 Å². The molecule has 0 aromatic carbocycles. The lowest BCUT2D eigenvalue weighted by Crippen LogP contribution is -2.38. The molecule has 1 saturated heterocycles. The molecule has 1 N–H and O–H groups in total. The summed E-state index contributed by atoms with van der Waals surface area (Å²) in [5, 5.41) is 7.44. The third-order valence-corrected chi connectivity index (χ3v) is 4.22. The first-order valence-corrected chi connectivity index (χ1v) is 7.52. The van der Waals surface area contributed by atoms with E-state index in [-0.39, 0.29) is 17.5 Å². The number of amides is 1. The third kappa shape index (κ3) is 3.55. The first-order valence-electron chi connectivity index (χ1n) is 6.57. The van der Waals surface area contributed by atoms with Crippen molar-refractivity contribution in [2.24, 2.45) is 5.41 Å². The fourth-order valence-corrected chi connectivity index (χ4v) is 3.04. The number of nitrogens with one attached hydrogen (secondary N) is 1. The van der Waals surface area contributed by atoms with Crippen LogP contribution < -0.4 is 5.32 Å². The van der Waals surface area contributed by atoms with Gasteiger partial charge in [-0.15, -0.1) is 0 Å². The minimum Gasteiger partial charge on any atom is -0.385 e. The van der Waals surface area contributed by atoms with Crippen LogP contribution in [0.25, 0.3) is 0 Å². The number of carbonyl (C=O) groups excluding carboxylic acids is 1. The van der Waals surface area contributed by atoms with E-state index in [1.54, 1.807) is 18.4 Å². The molecule has 4 nitrogen and oxygen atoms in total. The van der Waals surface area contributed by atoms with Crippen molar-refractivity contribution in [3.05, 3.63) is 22.4 Å². The van der Waals surface area contributed by atoms with Gasteiger partial charge in [0.15, 0.2) is 0 Å². The van der Waals surface area contributed by atoms with Crippen molar-refractivity contribution in [2.45, 2.75) is 26.4 Å². The van der Waals surface area contributed by atoms with Crippen molar-refractivity contribution in [2.75, 3.05) is 26.8 Å². The summed E-state index contributed by atoms with van der Waals surface area (Å²) in [5.41, 5.74) is 1.24. The zero-order valence-electron chi connectivity index (χ0n) is 11.8. The van der Waals surface area contributed by atoms with Crippen molar-refractivity contribution >= 4 is 17.2 Å². The van der Waals surface area contributed by atoms with Gasteiger partial charge in [0.25, 0.3) is 0 Å². The minimum atomic E-state index is 0.0283. The Hall–Kier alpha value is -0.910. The summed E-state index contributed by atoms with van der Waals surface area (Å²) < 4.78 is 5.15. The van der Waals surface area contributed by atoms with Gasteiger partial charge in [0.1, 0.15) is 6.17 Å². The highest BCUT2D eigenvalue weighted by atomic mass is 32.1. The zero-order valence-corrected chi connectivity index (χ0v) is 12.6. The lowest BCUT2D eigenvalue weighted by Gasteiger charge is -2.33. The van der Waals surface area contributed by atoms with Crippen LogP contribution in [-0.4, -0.2) is 37.6 Å². The zero-order chi connectivity index (χ0) is 13.9. The Morgan fingerprint density at radius 1 is 1.58 bits per heavy atom. The number of hydrogen-bond donors (Lipinski definition) is 1. The van der Waals surface area contributed by atoms with E-state index in [0.29, 0.717) is 6.54 Å². The van der Waals surface area contributed by atoms with Crippen LogP contribution in [0.15, 0.2) is 16.8 Å². The highest BCUT2D eigenvalue weighted by Crippen LogP contribution is 2.30. The average molecular weight is 282 g/mol. The van der Waals surface area contributed by atoms with Gasteiger partial charge in [0.05, 0.1) is 6.54 Å². The van der Waals surface area contributed by atoms with Gasteiger partial charge in [-0.3, -0.25) is 10.1 Å². The predicted molar refractivity (Wildman–Crippen MR) is 77.0 cm³/mol. The molecule has 5 heteroatoms. The summed E-state index contributed by atoms with van der Waals surface area (Å²) in [6, 6.07) is 2.08. The van der Waals surface area contributed by atoms with E-state index in [1.165, 1.54) is 5.56 Å². The Morgan fingerprint density at radius 3 is 3.00 bits per heavy atom. The summed E-state index contributed by atoms with van der Waals surface area (Å²) in [4.78, 5) is 14.0. The number of ether oxygens (including phenoxy) is 1. The molecule has 0 aliphatic carbocycles.